The number of rotatable bonds is 5. The van der Waals surface area contributed by atoms with Gasteiger partial charge in [-0.05, 0) is 41.9 Å². The standard InChI is InChI=1S/C15H24O/c1-11(2)10-15(12(3)4)13-6-8-14(16-5)9-7-13/h6-9,11-12,15H,10H2,1-5H3. The Morgan fingerprint density at radius 3 is 1.94 bits per heavy atom. The molecule has 0 amide bonds. The van der Waals surface area contributed by atoms with E-state index in [0.717, 1.165) is 11.7 Å². The van der Waals surface area contributed by atoms with Gasteiger partial charge in [0.2, 0.25) is 0 Å². The molecule has 0 fully saturated rings. The van der Waals surface area contributed by atoms with Crippen LogP contribution in [0, 0.1) is 11.8 Å². The smallest absolute Gasteiger partial charge is 0.118 e. The van der Waals surface area contributed by atoms with E-state index in [0.29, 0.717) is 11.8 Å². The van der Waals surface area contributed by atoms with Crippen molar-refractivity contribution in [3.05, 3.63) is 29.8 Å². The highest BCUT2D eigenvalue weighted by Gasteiger charge is 2.17. The zero-order valence-corrected chi connectivity index (χ0v) is 11.2. The molecule has 0 aliphatic rings. The number of methoxy groups -OCH3 is 1. The molecule has 0 heterocycles. The van der Waals surface area contributed by atoms with E-state index in [-0.39, 0.29) is 0 Å². The fourth-order valence-corrected chi connectivity index (χ4v) is 2.15. The van der Waals surface area contributed by atoms with Crippen LogP contribution in [0.2, 0.25) is 0 Å². The molecule has 0 saturated heterocycles. The largest absolute Gasteiger partial charge is 0.497 e. The van der Waals surface area contributed by atoms with Crippen LogP contribution in [0.5, 0.6) is 5.75 Å². The maximum atomic E-state index is 5.19. The summed E-state index contributed by atoms with van der Waals surface area (Å²) in [7, 11) is 1.71. The molecule has 16 heavy (non-hydrogen) atoms. The van der Waals surface area contributed by atoms with Crippen molar-refractivity contribution >= 4 is 0 Å². The molecule has 1 aromatic carbocycles. The summed E-state index contributed by atoms with van der Waals surface area (Å²) in [5, 5.41) is 0. The van der Waals surface area contributed by atoms with Gasteiger partial charge in [-0.3, -0.25) is 0 Å². The first-order chi connectivity index (χ1) is 7.54. The lowest BCUT2D eigenvalue weighted by Gasteiger charge is -2.23. The molecule has 1 heteroatoms. The average Bonchev–Trinajstić information content (AvgIpc) is 2.25. The Labute approximate surface area is 99.8 Å². The predicted octanol–water partition coefficient (Wildman–Crippen LogP) is 4.48. The summed E-state index contributed by atoms with van der Waals surface area (Å²) in [6, 6.07) is 8.52. The van der Waals surface area contributed by atoms with Gasteiger partial charge in [-0.15, -0.1) is 0 Å². The lowest BCUT2D eigenvalue weighted by Crippen LogP contribution is -2.09. The second-order valence-corrected chi connectivity index (χ2v) is 5.25. The topological polar surface area (TPSA) is 9.23 Å². The number of hydrogen-bond acceptors (Lipinski definition) is 1. The van der Waals surface area contributed by atoms with Gasteiger partial charge in [0, 0.05) is 0 Å². The van der Waals surface area contributed by atoms with Crippen molar-refractivity contribution in [2.24, 2.45) is 11.8 Å². The first-order valence-electron chi connectivity index (χ1n) is 6.18. The van der Waals surface area contributed by atoms with Gasteiger partial charge in [0.25, 0.3) is 0 Å². The van der Waals surface area contributed by atoms with Crippen LogP contribution >= 0.6 is 0 Å². The van der Waals surface area contributed by atoms with Crippen LogP contribution < -0.4 is 4.74 Å². The van der Waals surface area contributed by atoms with E-state index in [1.54, 1.807) is 7.11 Å². The molecular formula is C15H24O. The number of hydrogen-bond donors (Lipinski definition) is 0. The second kappa shape index (κ2) is 5.93. The third-order valence-corrected chi connectivity index (χ3v) is 3.07. The van der Waals surface area contributed by atoms with Gasteiger partial charge in [-0.1, -0.05) is 39.8 Å². The summed E-state index contributed by atoms with van der Waals surface area (Å²) in [5.74, 6) is 3.03. The van der Waals surface area contributed by atoms with E-state index in [1.165, 1.54) is 12.0 Å². The number of benzene rings is 1. The molecule has 0 saturated carbocycles. The highest BCUT2D eigenvalue weighted by atomic mass is 16.5. The minimum atomic E-state index is 0.658. The lowest BCUT2D eigenvalue weighted by molar-refractivity contribution is 0.403. The lowest BCUT2D eigenvalue weighted by atomic mass is 9.82. The van der Waals surface area contributed by atoms with E-state index in [1.807, 2.05) is 0 Å². The van der Waals surface area contributed by atoms with E-state index in [4.69, 9.17) is 4.74 Å². The molecule has 1 unspecified atom stereocenters. The third-order valence-electron chi connectivity index (χ3n) is 3.07. The fraction of sp³-hybridized carbons (Fsp3) is 0.600. The zero-order chi connectivity index (χ0) is 12.1. The Morgan fingerprint density at radius 2 is 1.56 bits per heavy atom. The zero-order valence-electron chi connectivity index (χ0n) is 11.2. The predicted molar refractivity (Wildman–Crippen MR) is 70.0 cm³/mol. The van der Waals surface area contributed by atoms with Crippen molar-refractivity contribution in [3.8, 4) is 5.75 Å². The highest BCUT2D eigenvalue weighted by molar-refractivity contribution is 5.29. The molecule has 1 rings (SSSR count). The maximum absolute atomic E-state index is 5.19. The molecule has 1 aromatic rings. The van der Waals surface area contributed by atoms with Crippen LogP contribution in [0.3, 0.4) is 0 Å². The summed E-state index contributed by atoms with van der Waals surface area (Å²) in [6.07, 6.45) is 1.25. The second-order valence-electron chi connectivity index (χ2n) is 5.25. The average molecular weight is 220 g/mol. The molecule has 0 aromatic heterocycles. The van der Waals surface area contributed by atoms with Crippen molar-refractivity contribution in [3.63, 3.8) is 0 Å². The van der Waals surface area contributed by atoms with Crippen molar-refractivity contribution in [1.82, 2.24) is 0 Å². The molecule has 0 N–H and O–H groups in total. The van der Waals surface area contributed by atoms with E-state index in [2.05, 4.69) is 52.0 Å². The normalized spacial score (nSPS) is 13.2. The van der Waals surface area contributed by atoms with Crippen molar-refractivity contribution < 1.29 is 4.74 Å². The summed E-state index contributed by atoms with van der Waals surface area (Å²) < 4.78 is 5.19. The highest BCUT2D eigenvalue weighted by Crippen LogP contribution is 2.31. The quantitative estimate of drug-likeness (QED) is 0.711. The minimum Gasteiger partial charge on any atom is -0.497 e. The van der Waals surface area contributed by atoms with Crippen molar-refractivity contribution in [1.29, 1.82) is 0 Å². The van der Waals surface area contributed by atoms with Gasteiger partial charge in [-0.25, -0.2) is 0 Å². The Bertz CT molecular complexity index is 298. The number of ether oxygens (including phenoxy) is 1. The molecule has 0 aliphatic heterocycles. The van der Waals surface area contributed by atoms with Crippen LogP contribution in [0.1, 0.15) is 45.6 Å². The van der Waals surface area contributed by atoms with Crippen molar-refractivity contribution in [2.45, 2.75) is 40.0 Å². The van der Waals surface area contributed by atoms with Crippen molar-refractivity contribution in [2.75, 3.05) is 7.11 Å². The van der Waals surface area contributed by atoms with Gasteiger partial charge in [0.1, 0.15) is 5.75 Å². The molecule has 0 bridgehead atoms. The van der Waals surface area contributed by atoms with Gasteiger partial charge >= 0.3 is 0 Å². The summed E-state index contributed by atoms with van der Waals surface area (Å²) >= 11 is 0. The van der Waals surface area contributed by atoms with Gasteiger partial charge in [0.15, 0.2) is 0 Å². The van der Waals surface area contributed by atoms with Gasteiger partial charge in [-0.2, -0.15) is 0 Å². The molecule has 1 nitrogen and oxygen atoms in total. The SMILES string of the molecule is COc1ccc(C(CC(C)C)C(C)C)cc1. The fourth-order valence-electron chi connectivity index (χ4n) is 2.15. The molecule has 0 radical (unpaired) electrons. The molecule has 0 spiro atoms. The third kappa shape index (κ3) is 3.55. The molecule has 90 valence electrons. The van der Waals surface area contributed by atoms with Crippen LogP contribution in [0.4, 0.5) is 0 Å². The van der Waals surface area contributed by atoms with Crippen LogP contribution in [0.25, 0.3) is 0 Å². The Morgan fingerprint density at radius 1 is 1.00 bits per heavy atom. The van der Waals surface area contributed by atoms with E-state index >= 15 is 0 Å². The first-order valence-corrected chi connectivity index (χ1v) is 6.18. The van der Waals surface area contributed by atoms with Crippen LogP contribution in [0.15, 0.2) is 24.3 Å². The summed E-state index contributed by atoms with van der Waals surface area (Å²) in [5.41, 5.74) is 1.43. The Hall–Kier alpha value is -0.980. The molecule has 0 aliphatic carbocycles. The molecular weight excluding hydrogens is 196 g/mol. The monoisotopic (exact) mass is 220 g/mol. The summed E-state index contributed by atoms with van der Waals surface area (Å²) in [6.45, 7) is 9.19. The van der Waals surface area contributed by atoms with E-state index in [9.17, 15) is 0 Å². The van der Waals surface area contributed by atoms with Gasteiger partial charge < -0.3 is 4.74 Å². The van der Waals surface area contributed by atoms with E-state index < -0.39 is 0 Å². The molecule has 1 atom stereocenters. The minimum absolute atomic E-state index is 0.658. The first kappa shape index (κ1) is 13.1. The maximum Gasteiger partial charge on any atom is 0.118 e. The Balaban J connectivity index is 2.84. The van der Waals surface area contributed by atoms with Crippen LogP contribution in [-0.2, 0) is 0 Å². The van der Waals surface area contributed by atoms with Crippen LogP contribution in [-0.4, -0.2) is 7.11 Å². The van der Waals surface area contributed by atoms with Gasteiger partial charge in [0.05, 0.1) is 7.11 Å². The summed E-state index contributed by atoms with van der Waals surface area (Å²) in [4.78, 5) is 0. The Kier molecular flexibility index (Phi) is 4.85.